The number of hydrogen-bond acceptors (Lipinski definition) is 1. The van der Waals surface area contributed by atoms with Gasteiger partial charge in [0.15, 0.2) is 0 Å². The van der Waals surface area contributed by atoms with Crippen molar-refractivity contribution in [2.24, 2.45) is 5.41 Å². The van der Waals surface area contributed by atoms with E-state index in [4.69, 9.17) is 11.6 Å². The molecular weight excluding hydrogens is 292 g/mol. The predicted molar refractivity (Wildman–Crippen MR) is 97.0 cm³/mol. The smallest absolute Gasteiger partial charge is 0.245 e. The van der Waals surface area contributed by atoms with Gasteiger partial charge in [-0.3, -0.25) is 4.79 Å². The molecule has 2 heteroatoms. The van der Waals surface area contributed by atoms with Crippen molar-refractivity contribution in [3.05, 3.63) is 58.7 Å². The van der Waals surface area contributed by atoms with Crippen molar-refractivity contribution in [3.63, 3.8) is 0 Å². The highest BCUT2D eigenvalue weighted by atomic mass is 35.5. The topological polar surface area (TPSA) is 17.1 Å². The van der Waals surface area contributed by atoms with Gasteiger partial charge in [-0.2, -0.15) is 0 Å². The third-order valence-electron chi connectivity index (χ3n) is 4.11. The molecule has 22 heavy (non-hydrogen) atoms. The van der Waals surface area contributed by atoms with Crippen molar-refractivity contribution >= 4 is 16.8 Å². The second kappa shape index (κ2) is 8.33. The Bertz CT molecular complexity index is 569. The molecule has 120 valence electrons. The van der Waals surface area contributed by atoms with E-state index in [1.54, 1.807) is 0 Å². The van der Waals surface area contributed by atoms with Crippen LogP contribution in [-0.2, 0) is 4.79 Å². The van der Waals surface area contributed by atoms with Crippen molar-refractivity contribution in [3.8, 4) is 0 Å². The first kappa shape index (κ1) is 18.7. The molecule has 1 nitrogen and oxygen atoms in total. The van der Waals surface area contributed by atoms with E-state index in [0.29, 0.717) is 0 Å². The Hall–Kier alpha value is -1.34. The molecule has 0 aromatic carbocycles. The Balaban J connectivity index is 2.79. The van der Waals surface area contributed by atoms with Crippen molar-refractivity contribution in [2.45, 2.75) is 53.9 Å². The average molecular weight is 319 g/mol. The summed E-state index contributed by atoms with van der Waals surface area (Å²) >= 11 is 5.31. The molecule has 0 aromatic heterocycles. The third kappa shape index (κ3) is 6.19. The quantitative estimate of drug-likeness (QED) is 0.331. The van der Waals surface area contributed by atoms with E-state index in [9.17, 15) is 4.79 Å². The van der Waals surface area contributed by atoms with E-state index < -0.39 is 5.24 Å². The first-order chi connectivity index (χ1) is 10.2. The fourth-order valence-corrected chi connectivity index (χ4v) is 3.03. The normalized spacial score (nSPS) is 20.3. The average Bonchev–Trinajstić information content (AvgIpc) is 2.36. The van der Waals surface area contributed by atoms with E-state index in [2.05, 4.69) is 39.8 Å². The molecule has 0 saturated carbocycles. The molecule has 0 aliphatic heterocycles. The molecule has 1 rings (SSSR count). The van der Waals surface area contributed by atoms with Crippen LogP contribution in [-0.4, -0.2) is 5.24 Å². The first-order valence-electron chi connectivity index (χ1n) is 7.83. The summed E-state index contributed by atoms with van der Waals surface area (Å²) in [6.07, 6.45) is 15.5. The molecule has 0 N–H and O–H groups in total. The summed E-state index contributed by atoms with van der Waals surface area (Å²) in [4.78, 5) is 10.7. The molecule has 0 unspecified atom stereocenters. The van der Waals surface area contributed by atoms with Gasteiger partial charge >= 0.3 is 0 Å². The Kier molecular flexibility index (Phi) is 7.09. The van der Waals surface area contributed by atoms with Crippen LogP contribution in [0, 0.1) is 5.41 Å². The van der Waals surface area contributed by atoms with Gasteiger partial charge in [0.05, 0.1) is 0 Å². The molecule has 0 atom stereocenters. The fraction of sp³-hybridized carbons (Fsp3) is 0.450. The van der Waals surface area contributed by atoms with Gasteiger partial charge in [0.2, 0.25) is 5.24 Å². The highest BCUT2D eigenvalue weighted by molar-refractivity contribution is 6.66. The molecule has 0 bridgehead atoms. The van der Waals surface area contributed by atoms with Gasteiger partial charge < -0.3 is 0 Å². The molecule has 0 saturated heterocycles. The summed E-state index contributed by atoms with van der Waals surface area (Å²) < 4.78 is 0. The van der Waals surface area contributed by atoms with E-state index in [-0.39, 0.29) is 5.41 Å². The van der Waals surface area contributed by atoms with Gasteiger partial charge in [-0.25, -0.2) is 0 Å². The van der Waals surface area contributed by atoms with Crippen molar-refractivity contribution < 1.29 is 4.79 Å². The number of rotatable bonds is 5. The molecule has 0 spiro atoms. The Morgan fingerprint density at radius 2 is 1.86 bits per heavy atom. The van der Waals surface area contributed by atoms with Crippen molar-refractivity contribution in [1.29, 1.82) is 0 Å². The molecule has 1 aliphatic rings. The van der Waals surface area contributed by atoms with Crippen LogP contribution in [0.25, 0.3) is 0 Å². The second-order valence-corrected chi connectivity index (χ2v) is 7.10. The van der Waals surface area contributed by atoms with E-state index >= 15 is 0 Å². The van der Waals surface area contributed by atoms with Gasteiger partial charge in [-0.1, -0.05) is 55.4 Å². The van der Waals surface area contributed by atoms with Gasteiger partial charge in [0.1, 0.15) is 0 Å². The van der Waals surface area contributed by atoms with Crippen LogP contribution >= 0.6 is 11.6 Å². The predicted octanol–water partition coefficient (Wildman–Crippen LogP) is 6.28. The lowest BCUT2D eigenvalue weighted by molar-refractivity contribution is -0.107. The summed E-state index contributed by atoms with van der Waals surface area (Å²) in [6.45, 7) is 10.8. The summed E-state index contributed by atoms with van der Waals surface area (Å²) in [5, 5.41) is -0.440. The first-order valence-corrected chi connectivity index (χ1v) is 8.21. The molecule has 0 fully saturated rings. The van der Waals surface area contributed by atoms with E-state index in [1.807, 2.05) is 25.2 Å². The van der Waals surface area contributed by atoms with Crippen LogP contribution in [0.15, 0.2) is 58.7 Å². The van der Waals surface area contributed by atoms with Crippen molar-refractivity contribution in [1.82, 2.24) is 0 Å². The maximum atomic E-state index is 10.7. The summed E-state index contributed by atoms with van der Waals surface area (Å²) in [5.41, 5.74) is 5.28. The standard InChI is InChI=1S/C20H27ClO/c1-15(8-6-9-16(2)14-19(21)22)11-12-18-17(3)10-7-13-20(18,4)5/h6,8-9,11-12,14H,7,10,13H2,1-5H3/b9-6-,12-11?,15-8?,16-14?. The van der Waals surface area contributed by atoms with Crippen LogP contribution in [0.4, 0.5) is 0 Å². The lowest BCUT2D eigenvalue weighted by Gasteiger charge is -2.32. The fourth-order valence-electron chi connectivity index (χ4n) is 2.86. The minimum atomic E-state index is -0.440. The third-order valence-corrected chi connectivity index (χ3v) is 4.22. The molecular formula is C20H27ClO. The number of carbonyl (C=O) groups is 1. The molecule has 0 amide bonds. The van der Waals surface area contributed by atoms with E-state index in [0.717, 1.165) is 5.57 Å². The second-order valence-electron chi connectivity index (χ2n) is 6.73. The number of carbonyl (C=O) groups excluding carboxylic acids is 1. The maximum Gasteiger partial charge on any atom is 0.245 e. The lowest BCUT2D eigenvalue weighted by Crippen LogP contribution is -2.19. The van der Waals surface area contributed by atoms with Crippen molar-refractivity contribution in [2.75, 3.05) is 0 Å². The minimum absolute atomic E-state index is 0.273. The zero-order chi connectivity index (χ0) is 16.8. The molecule has 0 aromatic rings. The van der Waals surface area contributed by atoms with Crippen LogP contribution in [0.3, 0.4) is 0 Å². The zero-order valence-corrected chi connectivity index (χ0v) is 15.1. The van der Waals surface area contributed by atoms with Crippen LogP contribution in [0.2, 0.25) is 0 Å². The maximum absolute atomic E-state index is 10.7. The van der Waals surface area contributed by atoms with E-state index in [1.165, 1.54) is 42.1 Å². The van der Waals surface area contributed by atoms with Gasteiger partial charge in [-0.15, -0.1) is 0 Å². The largest absolute Gasteiger partial charge is 0.276 e. The monoisotopic (exact) mass is 318 g/mol. The van der Waals surface area contributed by atoms with Gasteiger partial charge in [-0.05, 0) is 68.2 Å². The summed E-state index contributed by atoms with van der Waals surface area (Å²) in [5.74, 6) is 0. The summed E-state index contributed by atoms with van der Waals surface area (Å²) in [7, 11) is 0. The van der Waals surface area contributed by atoms with Crippen LogP contribution in [0.1, 0.15) is 53.9 Å². The molecule has 0 radical (unpaired) electrons. The lowest BCUT2D eigenvalue weighted by atomic mass is 9.72. The van der Waals surface area contributed by atoms with Crippen LogP contribution < -0.4 is 0 Å². The number of allylic oxidation sites excluding steroid dienone is 10. The number of halogens is 1. The van der Waals surface area contributed by atoms with Crippen LogP contribution in [0.5, 0.6) is 0 Å². The highest BCUT2D eigenvalue weighted by Crippen LogP contribution is 2.40. The Labute approximate surface area is 140 Å². The Morgan fingerprint density at radius 1 is 1.18 bits per heavy atom. The van der Waals surface area contributed by atoms with Gasteiger partial charge in [0, 0.05) is 6.08 Å². The summed E-state index contributed by atoms with van der Waals surface area (Å²) in [6, 6.07) is 0. The molecule has 1 aliphatic carbocycles. The number of hydrogen-bond donors (Lipinski definition) is 0. The molecule has 0 heterocycles. The zero-order valence-electron chi connectivity index (χ0n) is 14.4. The van der Waals surface area contributed by atoms with Gasteiger partial charge in [0.25, 0.3) is 0 Å². The highest BCUT2D eigenvalue weighted by Gasteiger charge is 2.26. The minimum Gasteiger partial charge on any atom is -0.276 e. The Morgan fingerprint density at radius 3 is 2.45 bits per heavy atom. The SMILES string of the molecule is CC(C=CC1=C(C)CCCC1(C)C)=C/C=C\C(C)=CC(=O)Cl.